The van der Waals surface area contributed by atoms with E-state index in [0.29, 0.717) is 12.5 Å². The molecular formula is C21H28N2O4S. The molecule has 0 aliphatic carbocycles. The number of hydrogen-bond acceptors (Lipinski definition) is 5. The molecule has 2 atom stereocenters. The Hall–Kier alpha value is -1.77. The fraction of sp³-hybridized carbons (Fsp3) is 0.429. The number of hydrogen-bond donors (Lipinski definition) is 3. The van der Waals surface area contributed by atoms with E-state index < -0.39 is 21.7 Å². The predicted octanol–water partition coefficient (Wildman–Crippen LogP) is 1.70. The van der Waals surface area contributed by atoms with E-state index in [9.17, 15) is 18.6 Å². The van der Waals surface area contributed by atoms with Crippen molar-refractivity contribution in [1.82, 2.24) is 9.62 Å². The van der Waals surface area contributed by atoms with E-state index in [1.807, 2.05) is 12.1 Å². The fourth-order valence-electron chi connectivity index (χ4n) is 3.38. The molecule has 1 aliphatic heterocycles. The van der Waals surface area contributed by atoms with Gasteiger partial charge in [0.05, 0.1) is 11.0 Å². The third kappa shape index (κ3) is 4.45. The minimum absolute atomic E-state index is 0.0981. The molecule has 0 saturated carbocycles. The number of rotatable bonds is 7. The lowest BCUT2D eigenvalue weighted by molar-refractivity contribution is -0.0384. The number of aliphatic hydroxyl groups excluding tert-OH is 1. The molecule has 3 rings (SSSR count). The molecule has 0 aromatic heterocycles. The maximum Gasteiger partial charge on any atom is 0.243 e. The van der Waals surface area contributed by atoms with Gasteiger partial charge in [-0.05, 0) is 29.2 Å². The zero-order valence-electron chi connectivity index (χ0n) is 16.2. The van der Waals surface area contributed by atoms with Crippen molar-refractivity contribution < 1.29 is 18.6 Å². The van der Waals surface area contributed by atoms with Gasteiger partial charge in [-0.1, -0.05) is 56.3 Å². The van der Waals surface area contributed by atoms with E-state index in [-0.39, 0.29) is 24.5 Å². The second-order valence-corrected chi connectivity index (χ2v) is 9.67. The first kappa shape index (κ1) is 21.0. The lowest BCUT2D eigenvalue weighted by atomic mass is 10.00. The maximum absolute atomic E-state index is 12.7. The van der Waals surface area contributed by atoms with Crippen molar-refractivity contribution >= 4 is 10.0 Å². The average Bonchev–Trinajstić information content (AvgIpc) is 2.98. The van der Waals surface area contributed by atoms with E-state index >= 15 is 0 Å². The molecule has 3 N–H and O–H groups in total. The first-order chi connectivity index (χ1) is 13.2. The highest BCUT2D eigenvalue weighted by Crippen LogP contribution is 2.27. The van der Waals surface area contributed by atoms with Gasteiger partial charge in [-0.25, -0.2) is 8.42 Å². The van der Waals surface area contributed by atoms with Crippen LogP contribution in [-0.4, -0.2) is 54.3 Å². The summed E-state index contributed by atoms with van der Waals surface area (Å²) >= 11 is 0. The second-order valence-electron chi connectivity index (χ2n) is 7.73. The molecule has 0 unspecified atom stereocenters. The van der Waals surface area contributed by atoms with E-state index in [2.05, 4.69) is 31.3 Å². The Kier molecular flexibility index (Phi) is 6.21. The maximum atomic E-state index is 12.7. The minimum atomic E-state index is -3.75. The molecule has 152 valence electrons. The summed E-state index contributed by atoms with van der Waals surface area (Å²) in [7, 11) is -3.75. The topological polar surface area (TPSA) is 89.9 Å². The molecule has 2 aromatic carbocycles. The smallest absolute Gasteiger partial charge is 0.243 e. The van der Waals surface area contributed by atoms with Crippen LogP contribution in [-0.2, 0) is 16.6 Å². The van der Waals surface area contributed by atoms with Gasteiger partial charge >= 0.3 is 0 Å². The van der Waals surface area contributed by atoms with Crippen LogP contribution in [0.15, 0.2) is 59.5 Å². The standard InChI is InChI=1S/C21H28N2O4S/c1-16(2)18-10-8-17(9-11-18)12-22-14-21(25)15-23(13-20(21)24)28(26,27)19-6-4-3-5-7-19/h3-11,16,20,22,24-25H,12-15H2,1-2H3/t20-,21+/m1/s1. The third-order valence-electron chi connectivity index (χ3n) is 5.23. The summed E-state index contributed by atoms with van der Waals surface area (Å²) in [6.07, 6.45) is -1.15. The molecule has 0 spiro atoms. The van der Waals surface area contributed by atoms with E-state index in [1.54, 1.807) is 18.2 Å². The van der Waals surface area contributed by atoms with Gasteiger partial charge in [0.2, 0.25) is 10.0 Å². The average molecular weight is 405 g/mol. The lowest BCUT2D eigenvalue weighted by Crippen LogP contribution is -2.50. The summed E-state index contributed by atoms with van der Waals surface area (Å²) in [6.45, 7) is 4.63. The Morgan fingerprint density at radius 2 is 1.79 bits per heavy atom. The van der Waals surface area contributed by atoms with Gasteiger partial charge in [-0.2, -0.15) is 4.31 Å². The first-order valence-corrected chi connectivity index (χ1v) is 10.9. The van der Waals surface area contributed by atoms with Crippen molar-refractivity contribution in [2.45, 2.75) is 42.9 Å². The van der Waals surface area contributed by atoms with E-state index in [1.165, 1.54) is 17.7 Å². The van der Waals surface area contributed by atoms with Crippen LogP contribution in [0, 0.1) is 0 Å². The number of benzene rings is 2. The van der Waals surface area contributed by atoms with Crippen LogP contribution in [0.3, 0.4) is 0 Å². The Balaban J connectivity index is 1.61. The van der Waals surface area contributed by atoms with Crippen molar-refractivity contribution in [3.05, 3.63) is 65.7 Å². The summed E-state index contributed by atoms with van der Waals surface area (Å²) < 4.78 is 26.6. The summed E-state index contributed by atoms with van der Waals surface area (Å²) in [5.41, 5.74) is 0.796. The van der Waals surface area contributed by atoms with Gasteiger partial charge in [0.25, 0.3) is 0 Å². The summed E-state index contributed by atoms with van der Waals surface area (Å²) in [5.74, 6) is 0.467. The lowest BCUT2D eigenvalue weighted by Gasteiger charge is -2.26. The molecule has 0 radical (unpaired) electrons. The van der Waals surface area contributed by atoms with Gasteiger partial charge < -0.3 is 15.5 Å². The number of sulfonamides is 1. The van der Waals surface area contributed by atoms with E-state index in [0.717, 1.165) is 9.87 Å². The Bertz CT molecular complexity index is 884. The van der Waals surface area contributed by atoms with Crippen LogP contribution in [0.5, 0.6) is 0 Å². The number of nitrogens with zero attached hydrogens (tertiary/aromatic N) is 1. The molecule has 1 saturated heterocycles. The third-order valence-corrected chi connectivity index (χ3v) is 7.06. The zero-order chi connectivity index (χ0) is 20.4. The fourth-order valence-corrected chi connectivity index (χ4v) is 4.91. The highest BCUT2D eigenvalue weighted by atomic mass is 32.2. The summed E-state index contributed by atoms with van der Waals surface area (Å²) in [4.78, 5) is 0.157. The van der Waals surface area contributed by atoms with Crippen molar-refractivity contribution in [2.24, 2.45) is 0 Å². The monoisotopic (exact) mass is 404 g/mol. The Morgan fingerprint density at radius 1 is 1.14 bits per heavy atom. The predicted molar refractivity (Wildman–Crippen MR) is 108 cm³/mol. The first-order valence-electron chi connectivity index (χ1n) is 9.47. The summed E-state index contributed by atoms with van der Waals surface area (Å²) in [5, 5.41) is 24.3. The Labute approximate surface area is 166 Å². The second kappa shape index (κ2) is 8.31. The SMILES string of the molecule is CC(C)c1ccc(CNC[C@]2(O)CN(S(=O)(=O)c3ccccc3)C[C@H]2O)cc1. The molecule has 6 nitrogen and oxygen atoms in total. The highest BCUT2D eigenvalue weighted by molar-refractivity contribution is 7.89. The van der Waals surface area contributed by atoms with E-state index in [4.69, 9.17) is 0 Å². The van der Waals surface area contributed by atoms with Crippen LogP contribution < -0.4 is 5.32 Å². The normalized spacial score (nSPS) is 23.4. The minimum Gasteiger partial charge on any atom is -0.389 e. The van der Waals surface area contributed by atoms with Crippen molar-refractivity contribution in [3.63, 3.8) is 0 Å². The van der Waals surface area contributed by atoms with Gasteiger partial charge in [-0.15, -0.1) is 0 Å². The van der Waals surface area contributed by atoms with Crippen LogP contribution in [0.25, 0.3) is 0 Å². The van der Waals surface area contributed by atoms with Gasteiger partial charge in [0, 0.05) is 26.2 Å². The van der Waals surface area contributed by atoms with Gasteiger partial charge in [0.1, 0.15) is 5.60 Å². The molecule has 0 bridgehead atoms. The number of β-amino-alcohol motifs (C(OH)–C–C–N with tert-alkyl or cyclic N) is 2. The molecule has 7 heteroatoms. The summed E-state index contributed by atoms with van der Waals surface area (Å²) in [6, 6.07) is 16.3. The van der Waals surface area contributed by atoms with Gasteiger partial charge in [0.15, 0.2) is 0 Å². The molecule has 0 amide bonds. The molecule has 1 aliphatic rings. The molecule has 2 aromatic rings. The van der Waals surface area contributed by atoms with Gasteiger partial charge in [-0.3, -0.25) is 0 Å². The molecule has 1 heterocycles. The van der Waals surface area contributed by atoms with Crippen LogP contribution in [0.2, 0.25) is 0 Å². The molecular weight excluding hydrogens is 376 g/mol. The number of aliphatic hydroxyl groups is 2. The number of nitrogens with one attached hydrogen (secondary N) is 1. The van der Waals surface area contributed by atoms with Crippen LogP contribution >= 0.6 is 0 Å². The highest BCUT2D eigenvalue weighted by Gasteiger charge is 2.48. The van der Waals surface area contributed by atoms with Crippen molar-refractivity contribution in [3.8, 4) is 0 Å². The largest absolute Gasteiger partial charge is 0.389 e. The quantitative estimate of drug-likeness (QED) is 0.654. The van der Waals surface area contributed by atoms with Crippen molar-refractivity contribution in [1.29, 1.82) is 0 Å². The molecule has 28 heavy (non-hydrogen) atoms. The van der Waals surface area contributed by atoms with Crippen LogP contribution in [0.1, 0.15) is 30.9 Å². The zero-order valence-corrected chi connectivity index (χ0v) is 17.1. The Morgan fingerprint density at radius 3 is 2.39 bits per heavy atom. The van der Waals surface area contributed by atoms with Crippen LogP contribution in [0.4, 0.5) is 0 Å². The van der Waals surface area contributed by atoms with Crippen molar-refractivity contribution in [2.75, 3.05) is 19.6 Å². The molecule has 1 fully saturated rings.